The highest BCUT2D eigenvalue weighted by atomic mass is 79.9. The van der Waals surface area contributed by atoms with E-state index in [1.54, 1.807) is 6.20 Å². The van der Waals surface area contributed by atoms with Gasteiger partial charge in [-0.05, 0) is 18.6 Å². The van der Waals surface area contributed by atoms with Crippen molar-refractivity contribution >= 4 is 26.0 Å². The van der Waals surface area contributed by atoms with E-state index in [9.17, 15) is 8.42 Å². The highest BCUT2D eigenvalue weighted by Crippen LogP contribution is 2.07. The van der Waals surface area contributed by atoms with Gasteiger partial charge in [-0.15, -0.1) is 0 Å². The first-order chi connectivity index (χ1) is 8.53. The summed E-state index contributed by atoms with van der Waals surface area (Å²) >= 11 is 3.45. The first-order valence-electron chi connectivity index (χ1n) is 6.05. The number of sulfonamides is 1. The molecule has 18 heavy (non-hydrogen) atoms. The van der Waals surface area contributed by atoms with Crippen molar-refractivity contribution in [3.05, 3.63) is 30.1 Å². The average molecular weight is 335 g/mol. The number of nitrogens with one attached hydrogen (secondary N) is 1. The molecule has 0 bridgehead atoms. The molecule has 0 spiro atoms. The summed E-state index contributed by atoms with van der Waals surface area (Å²) in [5, 5.41) is 0. The van der Waals surface area contributed by atoms with Gasteiger partial charge in [0, 0.05) is 29.7 Å². The molecule has 0 radical (unpaired) electrons. The normalized spacial score (nSPS) is 13.4. The van der Waals surface area contributed by atoms with Crippen molar-refractivity contribution in [2.45, 2.75) is 31.0 Å². The molecular weight excluding hydrogens is 316 g/mol. The Bertz CT molecular complexity index is 437. The summed E-state index contributed by atoms with van der Waals surface area (Å²) in [7, 11) is -3.21. The molecule has 0 aliphatic carbocycles. The van der Waals surface area contributed by atoms with E-state index < -0.39 is 10.0 Å². The fourth-order valence-corrected chi connectivity index (χ4v) is 3.40. The van der Waals surface area contributed by atoms with Crippen molar-refractivity contribution in [1.82, 2.24) is 9.71 Å². The van der Waals surface area contributed by atoms with Gasteiger partial charge in [0.2, 0.25) is 10.0 Å². The Balaban J connectivity index is 2.36. The first kappa shape index (κ1) is 15.6. The molecule has 4 nitrogen and oxygen atoms in total. The topological polar surface area (TPSA) is 59.1 Å². The molecule has 0 aliphatic heterocycles. The highest BCUT2D eigenvalue weighted by molar-refractivity contribution is 9.09. The first-order valence-corrected chi connectivity index (χ1v) is 8.61. The molecule has 1 atom stereocenters. The molecule has 0 saturated carbocycles. The van der Waals surface area contributed by atoms with E-state index in [1.807, 2.05) is 18.2 Å². The molecule has 0 saturated heterocycles. The van der Waals surface area contributed by atoms with Crippen molar-refractivity contribution in [2.24, 2.45) is 0 Å². The van der Waals surface area contributed by atoms with Gasteiger partial charge in [-0.2, -0.15) is 0 Å². The second kappa shape index (κ2) is 7.86. The maximum Gasteiger partial charge on any atom is 0.212 e. The fraction of sp³-hybridized carbons (Fsp3) is 0.583. The van der Waals surface area contributed by atoms with Gasteiger partial charge in [-0.1, -0.05) is 35.3 Å². The second-order valence-electron chi connectivity index (χ2n) is 4.12. The molecule has 1 heterocycles. The molecule has 0 amide bonds. The van der Waals surface area contributed by atoms with Gasteiger partial charge in [0.15, 0.2) is 0 Å². The number of nitrogens with zero attached hydrogens (tertiary/aromatic N) is 1. The lowest BCUT2D eigenvalue weighted by atomic mass is 10.2. The minimum Gasteiger partial charge on any atom is -0.261 e. The maximum absolute atomic E-state index is 11.8. The SMILES string of the molecule is CCCC(Br)CNS(=O)(=O)CCc1ccccn1. The highest BCUT2D eigenvalue weighted by Gasteiger charge is 2.12. The Kier molecular flexibility index (Phi) is 6.81. The van der Waals surface area contributed by atoms with Crippen molar-refractivity contribution < 1.29 is 8.42 Å². The maximum atomic E-state index is 11.8. The van der Waals surface area contributed by atoms with Gasteiger partial charge in [0.25, 0.3) is 0 Å². The van der Waals surface area contributed by atoms with Gasteiger partial charge in [-0.3, -0.25) is 4.98 Å². The van der Waals surface area contributed by atoms with Crippen LogP contribution in [0.25, 0.3) is 0 Å². The van der Waals surface area contributed by atoms with Crippen LogP contribution in [-0.4, -0.2) is 30.5 Å². The van der Waals surface area contributed by atoms with Crippen LogP contribution in [0.3, 0.4) is 0 Å². The van der Waals surface area contributed by atoms with E-state index in [4.69, 9.17) is 0 Å². The molecule has 0 aromatic carbocycles. The van der Waals surface area contributed by atoms with E-state index in [-0.39, 0.29) is 10.6 Å². The Morgan fingerprint density at radius 3 is 2.83 bits per heavy atom. The molecule has 6 heteroatoms. The van der Waals surface area contributed by atoms with Gasteiger partial charge in [-0.25, -0.2) is 13.1 Å². The van der Waals surface area contributed by atoms with E-state index in [2.05, 4.69) is 32.6 Å². The van der Waals surface area contributed by atoms with Gasteiger partial charge < -0.3 is 0 Å². The fourth-order valence-electron chi connectivity index (χ4n) is 1.49. The Hall–Kier alpha value is -0.460. The third kappa shape index (κ3) is 6.47. The van der Waals surface area contributed by atoms with E-state index in [1.165, 1.54) is 0 Å². The zero-order valence-electron chi connectivity index (χ0n) is 10.5. The van der Waals surface area contributed by atoms with Crippen LogP contribution in [0, 0.1) is 0 Å². The molecule has 1 unspecified atom stereocenters. The van der Waals surface area contributed by atoms with Gasteiger partial charge in [0.05, 0.1) is 5.75 Å². The Morgan fingerprint density at radius 2 is 2.22 bits per heavy atom. The number of halogens is 1. The average Bonchev–Trinajstić information content (AvgIpc) is 2.36. The van der Waals surface area contributed by atoms with Crippen LogP contribution in [0.4, 0.5) is 0 Å². The number of pyridine rings is 1. The van der Waals surface area contributed by atoms with Crippen molar-refractivity contribution in [1.29, 1.82) is 0 Å². The minimum absolute atomic E-state index is 0.0792. The smallest absolute Gasteiger partial charge is 0.212 e. The molecule has 1 aromatic rings. The zero-order chi connectivity index (χ0) is 13.4. The molecule has 1 aromatic heterocycles. The minimum atomic E-state index is -3.21. The van der Waals surface area contributed by atoms with E-state index in [0.29, 0.717) is 13.0 Å². The molecular formula is C12H19BrN2O2S. The van der Waals surface area contributed by atoms with Gasteiger partial charge >= 0.3 is 0 Å². The molecule has 1 N–H and O–H groups in total. The zero-order valence-corrected chi connectivity index (χ0v) is 12.9. The monoisotopic (exact) mass is 334 g/mol. The quantitative estimate of drug-likeness (QED) is 0.740. The number of aromatic nitrogens is 1. The van der Waals surface area contributed by atoms with Crippen molar-refractivity contribution in [3.8, 4) is 0 Å². The van der Waals surface area contributed by atoms with E-state index in [0.717, 1.165) is 18.5 Å². The molecule has 0 fully saturated rings. The lowest BCUT2D eigenvalue weighted by Crippen LogP contribution is -2.32. The van der Waals surface area contributed by atoms with Crippen LogP contribution in [-0.2, 0) is 16.4 Å². The standard InChI is InChI=1S/C12H19BrN2O2S/c1-2-5-11(13)10-15-18(16,17)9-7-12-6-3-4-8-14-12/h3-4,6,8,11,15H,2,5,7,9-10H2,1H3. The lowest BCUT2D eigenvalue weighted by Gasteiger charge is -2.10. The van der Waals surface area contributed by atoms with Gasteiger partial charge in [0.1, 0.15) is 0 Å². The van der Waals surface area contributed by atoms with Crippen LogP contribution >= 0.6 is 15.9 Å². The van der Waals surface area contributed by atoms with Crippen LogP contribution in [0.2, 0.25) is 0 Å². The molecule has 0 aliphatic rings. The number of hydrogen-bond donors (Lipinski definition) is 1. The van der Waals surface area contributed by atoms with Crippen LogP contribution in [0.5, 0.6) is 0 Å². The number of alkyl halides is 1. The van der Waals surface area contributed by atoms with Crippen molar-refractivity contribution in [3.63, 3.8) is 0 Å². The third-order valence-corrected chi connectivity index (χ3v) is 4.61. The van der Waals surface area contributed by atoms with Crippen molar-refractivity contribution in [2.75, 3.05) is 12.3 Å². The summed E-state index contributed by atoms with van der Waals surface area (Å²) in [5.74, 6) is 0.0792. The van der Waals surface area contributed by atoms with Crippen LogP contribution in [0.1, 0.15) is 25.5 Å². The summed E-state index contributed by atoms with van der Waals surface area (Å²) in [6, 6.07) is 5.51. The summed E-state index contributed by atoms with van der Waals surface area (Å²) in [6.07, 6.45) is 4.11. The largest absolute Gasteiger partial charge is 0.261 e. The van der Waals surface area contributed by atoms with Crippen LogP contribution in [0.15, 0.2) is 24.4 Å². The number of hydrogen-bond acceptors (Lipinski definition) is 3. The summed E-state index contributed by atoms with van der Waals surface area (Å²) in [4.78, 5) is 4.31. The summed E-state index contributed by atoms with van der Waals surface area (Å²) < 4.78 is 26.1. The van der Waals surface area contributed by atoms with Crippen LogP contribution < -0.4 is 4.72 Å². The number of aryl methyl sites for hydroxylation is 1. The Morgan fingerprint density at radius 1 is 1.44 bits per heavy atom. The summed E-state index contributed by atoms with van der Waals surface area (Å²) in [5.41, 5.74) is 0.798. The second-order valence-corrected chi connectivity index (χ2v) is 7.35. The number of rotatable bonds is 8. The third-order valence-electron chi connectivity index (χ3n) is 2.48. The summed E-state index contributed by atoms with van der Waals surface area (Å²) in [6.45, 7) is 2.52. The molecule has 1 rings (SSSR count). The van der Waals surface area contributed by atoms with E-state index >= 15 is 0 Å². The molecule has 102 valence electrons. The predicted octanol–water partition coefficient (Wildman–Crippen LogP) is 2.11. The lowest BCUT2D eigenvalue weighted by molar-refractivity contribution is 0.577. The Labute approximate surface area is 117 Å². The predicted molar refractivity (Wildman–Crippen MR) is 77.4 cm³/mol.